The molecule has 1 aliphatic heterocycles. The van der Waals surface area contributed by atoms with Gasteiger partial charge in [0.2, 0.25) is 5.95 Å². The summed E-state index contributed by atoms with van der Waals surface area (Å²) in [4.78, 5) is 6.88. The van der Waals surface area contributed by atoms with Crippen LogP contribution in [-0.2, 0) is 4.74 Å². The van der Waals surface area contributed by atoms with Crippen LogP contribution in [0, 0.1) is 6.92 Å². The molecule has 0 radical (unpaired) electrons. The highest BCUT2D eigenvalue weighted by Gasteiger charge is 2.30. The lowest BCUT2D eigenvalue weighted by Gasteiger charge is -2.37. The van der Waals surface area contributed by atoms with E-state index < -0.39 is 0 Å². The standard InChI is InChI=1S/C14H21N5O/c1-10-4-3-6-19-13(10)16-14(17-19)18-7-5-12(20-2)8-11(18)9-15/h3-4,6,11-12H,5,7-9,15H2,1-2H3. The van der Waals surface area contributed by atoms with Crippen LogP contribution in [-0.4, -0.2) is 46.9 Å². The van der Waals surface area contributed by atoms with Crippen molar-refractivity contribution in [3.05, 3.63) is 23.9 Å². The minimum atomic E-state index is 0.242. The zero-order valence-electron chi connectivity index (χ0n) is 12.0. The monoisotopic (exact) mass is 275 g/mol. The van der Waals surface area contributed by atoms with E-state index in [0.717, 1.165) is 36.5 Å². The fraction of sp³-hybridized carbons (Fsp3) is 0.571. The molecule has 0 aromatic carbocycles. The highest BCUT2D eigenvalue weighted by atomic mass is 16.5. The van der Waals surface area contributed by atoms with Crippen LogP contribution in [0.3, 0.4) is 0 Å². The lowest BCUT2D eigenvalue weighted by molar-refractivity contribution is 0.0706. The van der Waals surface area contributed by atoms with Crippen LogP contribution in [0.5, 0.6) is 0 Å². The first-order chi connectivity index (χ1) is 9.72. The Hall–Kier alpha value is -1.66. The molecule has 1 saturated heterocycles. The minimum absolute atomic E-state index is 0.242. The summed E-state index contributed by atoms with van der Waals surface area (Å²) in [6.45, 7) is 3.52. The van der Waals surface area contributed by atoms with E-state index in [2.05, 4.69) is 15.0 Å². The van der Waals surface area contributed by atoms with Crippen molar-refractivity contribution in [2.24, 2.45) is 5.73 Å². The molecule has 3 heterocycles. The molecule has 6 heteroatoms. The van der Waals surface area contributed by atoms with Crippen molar-refractivity contribution in [1.29, 1.82) is 0 Å². The Morgan fingerprint density at radius 3 is 3.05 bits per heavy atom. The van der Waals surface area contributed by atoms with Gasteiger partial charge in [0.25, 0.3) is 0 Å². The Morgan fingerprint density at radius 1 is 1.50 bits per heavy atom. The van der Waals surface area contributed by atoms with Gasteiger partial charge in [0.1, 0.15) is 0 Å². The van der Waals surface area contributed by atoms with E-state index in [9.17, 15) is 0 Å². The predicted molar refractivity (Wildman–Crippen MR) is 77.9 cm³/mol. The second-order valence-electron chi connectivity index (χ2n) is 5.34. The van der Waals surface area contributed by atoms with Crippen LogP contribution in [0.4, 0.5) is 5.95 Å². The Labute approximate surface area is 118 Å². The summed E-state index contributed by atoms with van der Waals surface area (Å²) in [5.74, 6) is 0.768. The summed E-state index contributed by atoms with van der Waals surface area (Å²) >= 11 is 0. The lowest BCUT2D eigenvalue weighted by Crippen LogP contribution is -2.49. The summed E-state index contributed by atoms with van der Waals surface area (Å²) in [5, 5.41) is 4.58. The van der Waals surface area contributed by atoms with Crippen LogP contribution in [0.1, 0.15) is 18.4 Å². The molecule has 108 valence electrons. The first-order valence-electron chi connectivity index (χ1n) is 7.04. The number of anilines is 1. The van der Waals surface area contributed by atoms with E-state index >= 15 is 0 Å². The molecule has 3 rings (SSSR count). The summed E-state index contributed by atoms with van der Waals surface area (Å²) in [5.41, 5.74) is 7.95. The van der Waals surface area contributed by atoms with Crippen molar-refractivity contribution < 1.29 is 4.74 Å². The maximum atomic E-state index is 5.91. The number of nitrogens with two attached hydrogens (primary N) is 1. The molecule has 6 nitrogen and oxygen atoms in total. The van der Waals surface area contributed by atoms with Gasteiger partial charge in [0, 0.05) is 32.4 Å². The fourth-order valence-corrected chi connectivity index (χ4v) is 2.86. The Morgan fingerprint density at radius 2 is 2.35 bits per heavy atom. The van der Waals surface area contributed by atoms with Gasteiger partial charge in [-0.05, 0) is 31.4 Å². The number of aromatic nitrogens is 3. The zero-order valence-corrected chi connectivity index (χ0v) is 12.0. The zero-order chi connectivity index (χ0) is 14.1. The molecule has 0 aliphatic carbocycles. The number of nitrogens with zero attached hydrogens (tertiary/aromatic N) is 4. The highest BCUT2D eigenvalue weighted by Crippen LogP contribution is 2.24. The SMILES string of the molecule is COC1CCN(c2nc3c(C)cccn3n2)C(CN)C1. The van der Waals surface area contributed by atoms with Crippen LogP contribution in [0.15, 0.2) is 18.3 Å². The maximum Gasteiger partial charge on any atom is 0.245 e. The number of ether oxygens (including phenoxy) is 1. The third-order valence-electron chi connectivity index (χ3n) is 4.08. The number of hydrogen-bond donors (Lipinski definition) is 1. The average Bonchev–Trinajstić information content (AvgIpc) is 2.92. The van der Waals surface area contributed by atoms with Gasteiger partial charge in [-0.15, -0.1) is 5.10 Å². The van der Waals surface area contributed by atoms with E-state index in [1.54, 1.807) is 7.11 Å². The number of methoxy groups -OCH3 is 1. The van der Waals surface area contributed by atoms with Crippen LogP contribution >= 0.6 is 0 Å². The topological polar surface area (TPSA) is 68.7 Å². The van der Waals surface area contributed by atoms with Crippen molar-refractivity contribution in [3.63, 3.8) is 0 Å². The predicted octanol–water partition coefficient (Wildman–Crippen LogP) is 0.980. The second-order valence-corrected chi connectivity index (χ2v) is 5.34. The smallest absolute Gasteiger partial charge is 0.245 e. The number of rotatable bonds is 3. The molecule has 2 aromatic heterocycles. The molecule has 0 saturated carbocycles. The quantitative estimate of drug-likeness (QED) is 0.904. The van der Waals surface area contributed by atoms with Gasteiger partial charge in [-0.25, -0.2) is 4.52 Å². The molecule has 0 bridgehead atoms. The second kappa shape index (κ2) is 5.38. The Balaban J connectivity index is 1.91. The summed E-state index contributed by atoms with van der Waals surface area (Å²) in [6.07, 6.45) is 4.14. The van der Waals surface area contributed by atoms with Crippen LogP contribution in [0.2, 0.25) is 0 Å². The maximum absolute atomic E-state index is 5.91. The Kier molecular flexibility index (Phi) is 3.58. The van der Waals surface area contributed by atoms with Crippen LogP contribution in [0.25, 0.3) is 5.65 Å². The fourth-order valence-electron chi connectivity index (χ4n) is 2.86. The summed E-state index contributed by atoms with van der Waals surface area (Å²) < 4.78 is 7.29. The van der Waals surface area contributed by atoms with Gasteiger partial charge in [0.05, 0.1) is 6.10 Å². The Bertz CT molecular complexity index is 596. The van der Waals surface area contributed by atoms with Gasteiger partial charge in [0.15, 0.2) is 5.65 Å². The molecule has 2 atom stereocenters. The molecule has 1 aliphatic rings. The third kappa shape index (κ3) is 2.25. The molecule has 2 N–H and O–H groups in total. The highest BCUT2D eigenvalue weighted by molar-refractivity contribution is 5.51. The lowest BCUT2D eigenvalue weighted by atomic mass is 10.00. The van der Waals surface area contributed by atoms with Crippen molar-refractivity contribution in [1.82, 2.24) is 14.6 Å². The van der Waals surface area contributed by atoms with E-state index in [0.29, 0.717) is 12.6 Å². The summed E-state index contributed by atoms with van der Waals surface area (Å²) in [6, 6.07) is 4.27. The molecular formula is C14H21N5O. The molecule has 0 amide bonds. The van der Waals surface area contributed by atoms with Gasteiger partial charge < -0.3 is 15.4 Å². The molecular weight excluding hydrogens is 254 g/mol. The van der Waals surface area contributed by atoms with Gasteiger partial charge >= 0.3 is 0 Å². The van der Waals surface area contributed by atoms with E-state index in [4.69, 9.17) is 10.5 Å². The van der Waals surface area contributed by atoms with E-state index in [-0.39, 0.29) is 6.04 Å². The summed E-state index contributed by atoms with van der Waals surface area (Å²) in [7, 11) is 1.76. The molecule has 1 fully saturated rings. The van der Waals surface area contributed by atoms with Crippen molar-refractivity contribution in [3.8, 4) is 0 Å². The molecule has 0 spiro atoms. The van der Waals surface area contributed by atoms with Gasteiger partial charge in [-0.1, -0.05) is 6.07 Å². The average molecular weight is 275 g/mol. The number of fused-ring (bicyclic) bond motifs is 1. The number of pyridine rings is 1. The van der Waals surface area contributed by atoms with Crippen molar-refractivity contribution >= 4 is 11.6 Å². The minimum Gasteiger partial charge on any atom is -0.381 e. The number of piperidine rings is 1. The van der Waals surface area contributed by atoms with E-state index in [1.807, 2.05) is 29.8 Å². The van der Waals surface area contributed by atoms with Crippen LogP contribution < -0.4 is 10.6 Å². The largest absolute Gasteiger partial charge is 0.381 e. The van der Waals surface area contributed by atoms with Crippen molar-refractivity contribution in [2.45, 2.75) is 31.9 Å². The third-order valence-corrected chi connectivity index (χ3v) is 4.08. The molecule has 2 unspecified atom stereocenters. The first-order valence-corrected chi connectivity index (χ1v) is 7.04. The van der Waals surface area contributed by atoms with Gasteiger partial charge in [-0.3, -0.25) is 0 Å². The number of aryl methyl sites for hydroxylation is 1. The molecule has 20 heavy (non-hydrogen) atoms. The molecule has 2 aromatic rings. The van der Waals surface area contributed by atoms with E-state index in [1.165, 1.54) is 0 Å². The first kappa shape index (κ1) is 13.3. The normalized spacial score (nSPS) is 23.4. The van der Waals surface area contributed by atoms with Crippen molar-refractivity contribution in [2.75, 3.05) is 25.1 Å². The van der Waals surface area contributed by atoms with Gasteiger partial charge in [-0.2, -0.15) is 4.98 Å². The number of hydrogen-bond acceptors (Lipinski definition) is 5.